The van der Waals surface area contributed by atoms with E-state index >= 15 is 0 Å². The van der Waals surface area contributed by atoms with E-state index in [4.69, 9.17) is 25.9 Å². The molecule has 0 unspecified atom stereocenters. The molecule has 1 saturated heterocycles. The first-order valence-electron chi connectivity index (χ1n) is 12.2. The van der Waals surface area contributed by atoms with Crippen molar-refractivity contribution in [2.75, 3.05) is 26.4 Å². The van der Waals surface area contributed by atoms with Crippen LogP contribution in [0.15, 0.2) is 84.0 Å². The van der Waals surface area contributed by atoms with Crippen LogP contribution in [0.2, 0.25) is 5.02 Å². The van der Waals surface area contributed by atoms with E-state index in [1.807, 2.05) is 66.7 Å². The fourth-order valence-electron chi connectivity index (χ4n) is 3.89. The summed E-state index contributed by atoms with van der Waals surface area (Å²) in [5.74, 6) is 0.986. The van der Waals surface area contributed by atoms with Crippen molar-refractivity contribution in [3.05, 3.63) is 101 Å². The van der Waals surface area contributed by atoms with Gasteiger partial charge in [0.05, 0.1) is 5.71 Å². The first-order chi connectivity index (χ1) is 17.7. The smallest absolute Gasteiger partial charge is 0.257 e. The summed E-state index contributed by atoms with van der Waals surface area (Å²) in [5.41, 5.74) is 3.84. The van der Waals surface area contributed by atoms with Crippen molar-refractivity contribution in [2.24, 2.45) is 11.1 Å². The summed E-state index contributed by atoms with van der Waals surface area (Å²) in [4.78, 5) is 17.9. The summed E-state index contributed by atoms with van der Waals surface area (Å²) in [6.45, 7) is 2.54. The minimum atomic E-state index is -0.118. The average Bonchev–Trinajstić information content (AvgIpc) is 2.93. The molecule has 188 valence electrons. The predicted octanol–water partition coefficient (Wildman–Crippen LogP) is 5.43. The summed E-state index contributed by atoms with van der Waals surface area (Å²) in [6.07, 6.45) is 2.59. The zero-order chi connectivity index (χ0) is 25.0. The molecule has 1 aliphatic rings. The number of rotatable bonds is 11. The molecule has 4 rings (SSSR count). The first-order valence-corrected chi connectivity index (χ1v) is 12.6. The molecule has 6 nitrogen and oxygen atoms in total. The summed E-state index contributed by atoms with van der Waals surface area (Å²) in [6, 6.07) is 25.2. The molecule has 3 aromatic rings. The van der Waals surface area contributed by atoms with Crippen LogP contribution in [0.25, 0.3) is 0 Å². The molecule has 1 aliphatic heterocycles. The van der Waals surface area contributed by atoms with Crippen molar-refractivity contribution in [1.29, 1.82) is 0 Å². The number of hydrogen-bond acceptors (Lipinski definition) is 5. The zero-order valence-corrected chi connectivity index (χ0v) is 21.0. The van der Waals surface area contributed by atoms with Crippen molar-refractivity contribution >= 4 is 23.2 Å². The van der Waals surface area contributed by atoms with E-state index < -0.39 is 0 Å². The molecule has 3 aromatic carbocycles. The van der Waals surface area contributed by atoms with Crippen LogP contribution in [0.5, 0.6) is 5.75 Å². The molecule has 36 heavy (non-hydrogen) atoms. The standard InChI is InChI=1S/C29H31ClN2O4/c30-26-10-6-24(7-11-26)20-36-32-28(18-22-4-2-1-3-5-22)25-8-12-27(13-9-25)35-21-29(33)31-19-23-14-16-34-17-15-23/h1-13,23H,14-21H2,(H,31,33)/b32-28+. The molecule has 0 bridgehead atoms. The van der Waals surface area contributed by atoms with Crippen LogP contribution in [0, 0.1) is 5.92 Å². The number of amides is 1. The lowest BCUT2D eigenvalue weighted by molar-refractivity contribution is -0.123. The molecular weight excluding hydrogens is 476 g/mol. The third-order valence-electron chi connectivity index (χ3n) is 6.02. The van der Waals surface area contributed by atoms with Gasteiger partial charge in [0.1, 0.15) is 12.4 Å². The average molecular weight is 507 g/mol. The van der Waals surface area contributed by atoms with E-state index in [0.29, 0.717) is 36.3 Å². The maximum absolute atomic E-state index is 12.2. The quantitative estimate of drug-likeness (QED) is 0.278. The predicted molar refractivity (Wildman–Crippen MR) is 141 cm³/mol. The number of oxime groups is 1. The minimum absolute atomic E-state index is 0.0161. The van der Waals surface area contributed by atoms with Gasteiger partial charge in [-0.05, 0) is 71.8 Å². The van der Waals surface area contributed by atoms with Gasteiger partial charge in [0.15, 0.2) is 6.61 Å². The van der Waals surface area contributed by atoms with Gasteiger partial charge in [-0.3, -0.25) is 4.79 Å². The van der Waals surface area contributed by atoms with Crippen LogP contribution in [0.4, 0.5) is 0 Å². The van der Waals surface area contributed by atoms with Gasteiger partial charge in [0.2, 0.25) is 0 Å². The monoisotopic (exact) mass is 506 g/mol. The number of nitrogens with zero attached hydrogens (tertiary/aromatic N) is 1. The van der Waals surface area contributed by atoms with Crippen molar-refractivity contribution < 1.29 is 19.1 Å². The molecule has 1 amide bonds. The fraction of sp³-hybridized carbons (Fsp3) is 0.310. The van der Waals surface area contributed by atoms with Gasteiger partial charge in [0, 0.05) is 31.2 Å². The Labute approximate surface area is 217 Å². The summed E-state index contributed by atoms with van der Waals surface area (Å²) in [7, 11) is 0. The Morgan fingerprint density at radius 1 is 0.944 bits per heavy atom. The van der Waals surface area contributed by atoms with Gasteiger partial charge >= 0.3 is 0 Å². The van der Waals surface area contributed by atoms with Gasteiger partial charge in [-0.25, -0.2) is 0 Å². The van der Waals surface area contributed by atoms with E-state index in [1.54, 1.807) is 0 Å². The second-order valence-electron chi connectivity index (χ2n) is 8.77. The van der Waals surface area contributed by atoms with Gasteiger partial charge in [0.25, 0.3) is 5.91 Å². The van der Waals surface area contributed by atoms with Gasteiger partial charge < -0.3 is 19.6 Å². The van der Waals surface area contributed by atoms with E-state index in [0.717, 1.165) is 48.5 Å². The summed E-state index contributed by atoms with van der Waals surface area (Å²) in [5, 5.41) is 8.09. The van der Waals surface area contributed by atoms with Crippen molar-refractivity contribution in [2.45, 2.75) is 25.9 Å². The number of carbonyl (C=O) groups excluding carboxylic acids is 1. The lowest BCUT2D eigenvalue weighted by Gasteiger charge is -2.22. The second kappa shape index (κ2) is 13.7. The fourth-order valence-corrected chi connectivity index (χ4v) is 4.02. The Kier molecular flexibility index (Phi) is 9.77. The number of carbonyl (C=O) groups is 1. The highest BCUT2D eigenvalue weighted by Gasteiger charge is 2.15. The maximum Gasteiger partial charge on any atom is 0.257 e. The first kappa shape index (κ1) is 25.7. The van der Waals surface area contributed by atoms with E-state index in [9.17, 15) is 4.79 Å². The molecule has 0 radical (unpaired) electrons. The molecular formula is C29H31ClN2O4. The molecule has 0 atom stereocenters. The maximum atomic E-state index is 12.2. The molecule has 0 aliphatic carbocycles. The van der Waals surface area contributed by atoms with Crippen molar-refractivity contribution in [3.8, 4) is 5.75 Å². The molecule has 1 fully saturated rings. The Bertz CT molecular complexity index is 1110. The van der Waals surface area contributed by atoms with E-state index in [2.05, 4.69) is 22.6 Å². The Morgan fingerprint density at radius 3 is 2.39 bits per heavy atom. The van der Waals surface area contributed by atoms with E-state index in [1.165, 1.54) is 0 Å². The van der Waals surface area contributed by atoms with E-state index in [-0.39, 0.29) is 12.5 Å². The number of halogens is 1. The third kappa shape index (κ3) is 8.40. The van der Waals surface area contributed by atoms with Crippen LogP contribution < -0.4 is 10.1 Å². The van der Waals surface area contributed by atoms with Crippen LogP contribution in [0.3, 0.4) is 0 Å². The molecule has 0 saturated carbocycles. The molecule has 7 heteroatoms. The third-order valence-corrected chi connectivity index (χ3v) is 6.27. The minimum Gasteiger partial charge on any atom is -0.484 e. The normalized spacial score (nSPS) is 14.3. The molecule has 1 N–H and O–H groups in total. The number of hydrogen-bond donors (Lipinski definition) is 1. The lowest BCUT2D eigenvalue weighted by atomic mass is 10.0. The van der Waals surface area contributed by atoms with Crippen molar-refractivity contribution in [3.63, 3.8) is 0 Å². The Hall–Kier alpha value is -3.35. The van der Waals surface area contributed by atoms with Gasteiger partial charge in [-0.2, -0.15) is 0 Å². The Balaban J connectivity index is 1.34. The summed E-state index contributed by atoms with van der Waals surface area (Å²) >= 11 is 5.96. The molecule has 0 spiro atoms. The topological polar surface area (TPSA) is 69.2 Å². The van der Waals surface area contributed by atoms with Crippen LogP contribution >= 0.6 is 11.6 Å². The molecule has 0 aromatic heterocycles. The van der Waals surface area contributed by atoms with Crippen LogP contribution in [-0.2, 0) is 27.4 Å². The summed E-state index contributed by atoms with van der Waals surface area (Å²) < 4.78 is 11.0. The van der Waals surface area contributed by atoms with Crippen molar-refractivity contribution in [1.82, 2.24) is 5.32 Å². The highest BCUT2D eigenvalue weighted by atomic mass is 35.5. The number of ether oxygens (including phenoxy) is 2. The van der Waals surface area contributed by atoms with Crippen LogP contribution in [0.1, 0.15) is 29.5 Å². The zero-order valence-electron chi connectivity index (χ0n) is 20.2. The Morgan fingerprint density at radius 2 is 1.67 bits per heavy atom. The van der Waals surface area contributed by atoms with Gasteiger partial charge in [-0.15, -0.1) is 0 Å². The highest BCUT2D eigenvalue weighted by Crippen LogP contribution is 2.17. The SMILES string of the molecule is O=C(COc1ccc(/C(Cc2ccccc2)=N/OCc2ccc(Cl)cc2)cc1)NCC1CCOCC1. The highest BCUT2D eigenvalue weighted by molar-refractivity contribution is 6.30. The van der Waals surface area contributed by atoms with Crippen LogP contribution in [-0.4, -0.2) is 38.0 Å². The largest absolute Gasteiger partial charge is 0.484 e. The molecule has 1 heterocycles. The number of benzene rings is 3. The second-order valence-corrected chi connectivity index (χ2v) is 9.21. The van der Waals surface area contributed by atoms with Gasteiger partial charge in [-0.1, -0.05) is 59.2 Å². The lowest BCUT2D eigenvalue weighted by Crippen LogP contribution is -2.35. The number of nitrogens with one attached hydrogen (secondary N) is 1.